The second-order valence-electron chi connectivity index (χ2n) is 21.5. The molecule has 0 saturated carbocycles. The van der Waals surface area contributed by atoms with Gasteiger partial charge in [-0.2, -0.15) is 0 Å². The summed E-state index contributed by atoms with van der Waals surface area (Å²) in [6, 6.07) is -0.726. The van der Waals surface area contributed by atoms with Crippen molar-refractivity contribution in [3.8, 4) is 0 Å². The first kappa shape index (κ1) is 66.7. The fourth-order valence-corrected chi connectivity index (χ4v) is 9.96. The lowest BCUT2D eigenvalue weighted by Crippen LogP contribution is -2.60. The number of hydrogen-bond donors (Lipinski definition) is 6. The first-order valence-corrected chi connectivity index (χ1v) is 30.5. The van der Waals surface area contributed by atoms with E-state index < -0.39 is 49.5 Å². The molecular weight excluding hydrogens is 875 g/mol. The molecule has 1 amide bonds. The van der Waals surface area contributed by atoms with Crippen LogP contribution < -0.4 is 5.32 Å². The van der Waals surface area contributed by atoms with Crippen molar-refractivity contribution in [3.05, 3.63) is 24.3 Å². The van der Waals surface area contributed by atoms with Crippen LogP contribution in [0.3, 0.4) is 0 Å². The SMILES string of the molecule is CCCCC/C=C\C/C=C\CCCCCCCC(=O)NC(COC1OC(CO)C(O)C(O)C1O)C(O)CCCCCCCCCCCCCCCCCCCCCCCCCCCCCCCCCC. The first-order valence-electron chi connectivity index (χ1n) is 30.5. The van der Waals surface area contributed by atoms with Crippen LogP contribution in [0.5, 0.6) is 0 Å². The largest absolute Gasteiger partial charge is 0.394 e. The van der Waals surface area contributed by atoms with E-state index in [-0.39, 0.29) is 12.5 Å². The molecule has 1 aliphatic rings. The van der Waals surface area contributed by atoms with Gasteiger partial charge in [0, 0.05) is 6.42 Å². The lowest BCUT2D eigenvalue weighted by atomic mass is 9.99. The lowest BCUT2D eigenvalue weighted by Gasteiger charge is -2.40. The molecule has 70 heavy (non-hydrogen) atoms. The topological polar surface area (TPSA) is 149 Å². The van der Waals surface area contributed by atoms with Crippen molar-refractivity contribution < 1.29 is 39.8 Å². The van der Waals surface area contributed by atoms with Gasteiger partial charge >= 0.3 is 0 Å². The average Bonchev–Trinajstić information content (AvgIpc) is 3.36. The average molecular weight is 993 g/mol. The molecule has 414 valence electrons. The number of nitrogens with one attached hydrogen (secondary N) is 1. The summed E-state index contributed by atoms with van der Waals surface area (Å²) in [7, 11) is 0. The molecule has 6 N–H and O–H groups in total. The third-order valence-corrected chi connectivity index (χ3v) is 14.8. The van der Waals surface area contributed by atoms with Gasteiger partial charge in [-0.3, -0.25) is 4.79 Å². The highest BCUT2D eigenvalue weighted by Gasteiger charge is 2.44. The minimum absolute atomic E-state index is 0.141. The van der Waals surface area contributed by atoms with E-state index in [0.29, 0.717) is 12.8 Å². The predicted octanol–water partition coefficient (Wildman–Crippen LogP) is 15.4. The van der Waals surface area contributed by atoms with E-state index in [1.807, 2.05) is 0 Å². The van der Waals surface area contributed by atoms with E-state index in [4.69, 9.17) is 9.47 Å². The number of hydrogen-bond acceptors (Lipinski definition) is 8. The molecule has 0 bridgehead atoms. The Morgan fingerprint density at radius 3 is 1.26 bits per heavy atom. The zero-order chi connectivity index (χ0) is 50.8. The molecule has 0 aromatic heterocycles. The van der Waals surface area contributed by atoms with Gasteiger partial charge in [0.15, 0.2) is 6.29 Å². The predicted molar refractivity (Wildman–Crippen MR) is 295 cm³/mol. The zero-order valence-electron chi connectivity index (χ0n) is 46.0. The van der Waals surface area contributed by atoms with Gasteiger partial charge in [0.1, 0.15) is 24.4 Å². The summed E-state index contributed by atoms with van der Waals surface area (Å²) in [5, 5.41) is 54.7. The summed E-state index contributed by atoms with van der Waals surface area (Å²) in [6.07, 6.45) is 58.0. The van der Waals surface area contributed by atoms with Gasteiger partial charge < -0.3 is 40.3 Å². The van der Waals surface area contributed by atoms with Gasteiger partial charge in [0.05, 0.1) is 25.4 Å². The van der Waals surface area contributed by atoms with Gasteiger partial charge in [-0.1, -0.05) is 276 Å². The fraction of sp³-hybridized carbons (Fsp3) is 0.918. The highest BCUT2D eigenvalue weighted by Crippen LogP contribution is 2.23. The highest BCUT2D eigenvalue weighted by molar-refractivity contribution is 5.76. The van der Waals surface area contributed by atoms with Crippen LogP contribution >= 0.6 is 0 Å². The van der Waals surface area contributed by atoms with Gasteiger partial charge in [0.25, 0.3) is 0 Å². The van der Waals surface area contributed by atoms with Gasteiger partial charge in [-0.25, -0.2) is 0 Å². The van der Waals surface area contributed by atoms with E-state index in [0.717, 1.165) is 64.2 Å². The molecule has 7 atom stereocenters. The highest BCUT2D eigenvalue weighted by atomic mass is 16.7. The number of aliphatic hydroxyl groups excluding tert-OH is 5. The van der Waals surface area contributed by atoms with Crippen molar-refractivity contribution in [2.24, 2.45) is 0 Å². The third kappa shape index (κ3) is 40.1. The molecule has 0 aromatic carbocycles. The Hall–Kier alpha value is -1.33. The molecule has 1 fully saturated rings. The second kappa shape index (κ2) is 51.2. The molecule has 1 saturated heterocycles. The summed E-state index contributed by atoms with van der Waals surface area (Å²) < 4.78 is 11.3. The lowest BCUT2D eigenvalue weighted by molar-refractivity contribution is -0.302. The number of ether oxygens (including phenoxy) is 2. The number of rotatable bonds is 53. The Morgan fingerprint density at radius 1 is 0.486 bits per heavy atom. The van der Waals surface area contributed by atoms with E-state index in [1.54, 1.807) is 0 Å². The van der Waals surface area contributed by atoms with Crippen molar-refractivity contribution in [1.29, 1.82) is 0 Å². The molecular formula is C61H117NO8. The zero-order valence-corrected chi connectivity index (χ0v) is 46.0. The molecule has 0 aromatic rings. The number of carbonyl (C=O) groups excluding carboxylic acids is 1. The van der Waals surface area contributed by atoms with Gasteiger partial charge in [-0.05, 0) is 44.9 Å². The van der Waals surface area contributed by atoms with Crippen molar-refractivity contribution in [1.82, 2.24) is 5.32 Å². The van der Waals surface area contributed by atoms with Crippen LogP contribution in [0, 0.1) is 0 Å². The molecule has 0 spiro atoms. The fourth-order valence-electron chi connectivity index (χ4n) is 9.96. The maximum atomic E-state index is 13.0. The number of allylic oxidation sites excluding steroid dienone is 4. The quantitative estimate of drug-likeness (QED) is 0.0261. The van der Waals surface area contributed by atoms with Crippen molar-refractivity contribution >= 4 is 5.91 Å². The minimum Gasteiger partial charge on any atom is -0.394 e. The van der Waals surface area contributed by atoms with E-state index in [2.05, 4.69) is 43.5 Å². The molecule has 0 radical (unpaired) electrons. The Labute approximate surface area is 432 Å². The molecule has 0 aliphatic carbocycles. The maximum absolute atomic E-state index is 13.0. The van der Waals surface area contributed by atoms with Gasteiger partial charge in [0.2, 0.25) is 5.91 Å². The molecule has 9 nitrogen and oxygen atoms in total. The number of aliphatic hydroxyl groups is 5. The number of amides is 1. The summed E-state index contributed by atoms with van der Waals surface area (Å²) in [5.41, 5.74) is 0. The monoisotopic (exact) mass is 992 g/mol. The van der Waals surface area contributed by atoms with Crippen molar-refractivity contribution in [2.45, 2.75) is 346 Å². The first-order chi connectivity index (χ1) is 34.3. The summed E-state index contributed by atoms with van der Waals surface area (Å²) in [4.78, 5) is 13.0. The molecule has 9 heteroatoms. The standard InChI is InChI=1S/C61H117NO8/c1-3-5-7-9-11-13-15-17-19-20-21-22-23-24-25-26-27-28-29-30-31-32-33-34-35-37-38-40-42-44-46-48-50-55(64)54(53-69-61-60(68)59(67)58(66)56(52-63)70-61)62-57(65)51-49-47-45-43-41-39-36-18-16-14-12-10-8-6-4-2/h12,14,18,36,54-56,58-61,63-64,66-68H,3-11,13,15-17,19-35,37-53H2,1-2H3,(H,62,65)/b14-12-,36-18-. The third-order valence-electron chi connectivity index (χ3n) is 14.8. The van der Waals surface area contributed by atoms with E-state index >= 15 is 0 Å². The normalized spacial score (nSPS) is 19.4. The molecule has 1 aliphatic heterocycles. The Morgan fingerprint density at radius 2 is 0.843 bits per heavy atom. The Bertz CT molecular complexity index is 1150. The smallest absolute Gasteiger partial charge is 0.220 e. The van der Waals surface area contributed by atoms with Crippen molar-refractivity contribution in [2.75, 3.05) is 13.2 Å². The molecule has 1 rings (SSSR count). The van der Waals surface area contributed by atoms with E-state index in [1.165, 1.54) is 212 Å². The molecule has 7 unspecified atom stereocenters. The van der Waals surface area contributed by atoms with Crippen molar-refractivity contribution in [3.63, 3.8) is 0 Å². The van der Waals surface area contributed by atoms with Crippen LogP contribution in [-0.4, -0.2) is 87.5 Å². The minimum atomic E-state index is -1.56. The van der Waals surface area contributed by atoms with Crippen LogP contribution in [0.4, 0.5) is 0 Å². The van der Waals surface area contributed by atoms with Crippen LogP contribution in [0.1, 0.15) is 303 Å². The van der Waals surface area contributed by atoms with E-state index in [9.17, 15) is 30.3 Å². The summed E-state index contributed by atoms with van der Waals surface area (Å²) >= 11 is 0. The van der Waals surface area contributed by atoms with Crippen LogP contribution in [0.15, 0.2) is 24.3 Å². The van der Waals surface area contributed by atoms with Crippen LogP contribution in [0.2, 0.25) is 0 Å². The Balaban J connectivity index is 2.11. The number of unbranched alkanes of at least 4 members (excludes halogenated alkanes) is 39. The van der Waals surface area contributed by atoms with Gasteiger partial charge in [-0.15, -0.1) is 0 Å². The van der Waals surface area contributed by atoms with Crippen LogP contribution in [0.25, 0.3) is 0 Å². The maximum Gasteiger partial charge on any atom is 0.220 e. The second-order valence-corrected chi connectivity index (χ2v) is 21.5. The summed E-state index contributed by atoms with van der Waals surface area (Å²) in [6.45, 7) is 3.83. The Kier molecular flexibility index (Phi) is 48.7. The van der Waals surface area contributed by atoms with Crippen LogP contribution in [-0.2, 0) is 14.3 Å². The molecule has 1 heterocycles. The summed E-state index contributed by atoms with van der Waals surface area (Å²) in [5.74, 6) is -0.154. The number of carbonyl (C=O) groups is 1.